The molecule has 1 amide bonds. The van der Waals surface area contributed by atoms with E-state index in [-0.39, 0.29) is 42.3 Å². The molecule has 4 N–H and O–H groups in total. The van der Waals surface area contributed by atoms with Crippen LogP contribution in [0.5, 0.6) is 0 Å². The summed E-state index contributed by atoms with van der Waals surface area (Å²) in [7, 11) is 0. The smallest absolute Gasteiger partial charge is 0.303 e. The van der Waals surface area contributed by atoms with E-state index >= 15 is 0 Å². The van der Waals surface area contributed by atoms with Gasteiger partial charge in [-0.05, 0) is 62.3 Å². The summed E-state index contributed by atoms with van der Waals surface area (Å²) >= 11 is 6.30. The molecule has 11 heteroatoms. The Hall–Kier alpha value is -4.05. The van der Waals surface area contributed by atoms with Gasteiger partial charge in [-0.1, -0.05) is 42.6 Å². The molecule has 3 heterocycles. The number of hydrogen-bond donors (Lipinski definition) is 3. The first-order valence-corrected chi connectivity index (χ1v) is 14.1. The Labute approximate surface area is 240 Å². The van der Waals surface area contributed by atoms with Crippen LogP contribution in [-0.4, -0.2) is 36.7 Å². The monoisotopic (exact) mass is 576 g/mol. The number of carbonyl (C=O) groups excluding carboxylic acids is 1. The lowest BCUT2D eigenvalue weighted by Gasteiger charge is -2.38. The van der Waals surface area contributed by atoms with E-state index in [2.05, 4.69) is 10.3 Å². The van der Waals surface area contributed by atoms with Crippen LogP contribution in [0.3, 0.4) is 0 Å². The average molecular weight is 577 g/mol. The van der Waals surface area contributed by atoms with E-state index in [4.69, 9.17) is 32.5 Å². The number of carbonyl (C=O) groups is 2. The quantitative estimate of drug-likeness (QED) is 0.253. The van der Waals surface area contributed by atoms with E-state index in [0.29, 0.717) is 45.5 Å². The number of rotatable bonds is 7. The minimum Gasteiger partial charge on any atom is -0.481 e. The molecule has 1 atom stereocenters. The van der Waals surface area contributed by atoms with Gasteiger partial charge in [0.25, 0.3) is 0 Å². The molecule has 0 saturated heterocycles. The number of halogens is 2. The van der Waals surface area contributed by atoms with Crippen molar-refractivity contribution in [1.29, 1.82) is 0 Å². The summed E-state index contributed by atoms with van der Waals surface area (Å²) in [5, 5.41) is 17.9. The third kappa shape index (κ3) is 4.80. The van der Waals surface area contributed by atoms with Gasteiger partial charge in [-0.25, -0.2) is 14.4 Å². The number of hydrogen-bond acceptors (Lipinski definition) is 6. The van der Waals surface area contributed by atoms with Crippen molar-refractivity contribution in [2.75, 3.05) is 11.1 Å². The number of benzene rings is 2. The Kier molecular flexibility index (Phi) is 6.89. The van der Waals surface area contributed by atoms with Crippen LogP contribution in [0.15, 0.2) is 42.5 Å². The maximum atomic E-state index is 14.5. The molecule has 1 aliphatic heterocycles. The number of carboxylic acids is 1. The molecule has 0 bridgehead atoms. The van der Waals surface area contributed by atoms with Gasteiger partial charge in [0.1, 0.15) is 23.1 Å². The lowest BCUT2D eigenvalue weighted by Crippen LogP contribution is -2.41. The SMILES string of the molecule is CC1(C2CCC(CCC(=O)O)CC2)C(=O)Nc2nc(-c3nn(Cc4ccccc4F)c4cc(Cl)ccc34)nc(N)c21. The number of amides is 1. The summed E-state index contributed by atoms with van der Waals surface area (Å²) in [5.41, 5.74) is 7.88. The van der Waals surface area contributed by atoms with E-state index in [0.717, 1.165) is 31.1 Å². The molecule has 1 aliphatic carbocycles. The molecular formula is C30H30ClFN6O3. The van der Waals surface area contributed by atoms with Gasteiger partial charge >= 0.3 is 5.97 Å². The van der Waals surface area contributed by atoms with Crippen LogP contribution in [0.1, 0.15) is 56.6 Å². The minimum atomic E-state index is -0.893. The Balaban J connectivity index is 1.35. The second-order valence-corrected chi connectivity index (χ2v) is 11.7. The Morgan fingerprint density at radius 1 is 1.20 bits per heavy atom. The molecular weight excluding hydrogens is 547 g/mol. The van der Waals surface area contributed by atoms with Crippen LogP contribution < -0.4 is 11.1 Å². The normalized spacial score (nSPS) is 22.1. The summed E-state index contributed by atoms with van der Waals surface area (Å²) in [6.07, 6.45) is 4.13. The summed E-state index contributed by atoms with van der Waals surface area (Å²) < 4.78 is 16.1. The Morgan fingerprint density at radius 3 is 2.68 bits per heavy atom. The van der Waals surface area contributed by atoms with Gasteiger partial charge in [0.05, 0.1) is 23.0 Å². The van der Waals surface area contributed by atoms with Crippen molar-refractivity contribution in [3.05, 3.63) is 64.4 Å². The van der Waals surface area contributed by atoms with Crippen LogP contribution in [0.25, 0.3) is 22.4 Å². The highest BCUT2D eigenvalue weighted by molar-refractivity contribution is 6.31. The molecule has 2 aliphatic rings. The minimum absolute atomic E-state index is 0.0320. The number of nitrogen functional groups attached to an aromatic ring is 1. The molecule has 2 aromatic carbocycles. The largest absolute Gasteiger partial charge is 0.481 e. The Bertz CT molecular complexity index is 1680. The second kappa shape index (κ2) is 10.4. The van der Waals surface area contributed by atoms with Crippen molar-refractivity contribution < 1.29 is 19.1 Å². The van der Waals surface area contributed by atoms with Crippen molar-refractivity contribution in [1.82, 2.24) is 19.7 Å². The van der Waals surface area contributed by atoms with Crippen LogP contribution in [-0.2, 0) is 21.5 Å². The van der Waals surface area contributed by atoms with Crippen LogP contribution in [0.2, 0.25) is 5.02 Å². The van der Waals surface area contributed by atoms with Crippen LogP contribution >= 0.6 is 11.6 Å². The summed E-state index contributed by atoms with van der Waals surface area (Å²) in [5.74, 6) is -0.0725. The van der Waals surface area contributed by atoms with Gasteiger partial charge in [0.15, 0.2) is 5.82 Å². The fourth-order valence-electron chi connectivity index (χ4n) is 6.50. The van der Waals surface area contributed by atoms with E-state index in [1.54, 1.807) is 35.0 Å². The fourth-order valence-corrected chi connectivity index (χ4v) is 6.67. The molecule has 1 unspecified atom stereocenters. The zero-order valence-electron chi connectivity index (χ0n) is 22.5. The molecule has 2 aromatic heterocycles. The van der Waals surface area contributed by atoms with Crippen molar-refractivity contribution >= 4 is 46.0 Å². The first-order chi connectivity index (χ1) is 19.6. The van der Waals surface area contributed by atoms with Crippen molar-refractivity contribution in [3.63, 3.8) is 0 Å². The Morgan fingerprint density at radius 2 is 1.95 bits per heavy atom. The number of fused-ring (bicyclic) bond motifs is 2. The number of anilines is 2. The van der Waals surface area contributed by atoms with E-state index in [1.165, 1.54) is 6.07 Å². The lowest BCUT2D eigenvalue weighted by molar-refractivity contribution is -0.137. The zero-order valence-corrected chi connectivity index (χ0v) is 23.3. The zero-order chi connectivity index (χ0) is 28.9. The highest BCUT2D eigenvalue weighted by Gasteiger charge is 2.51. The topological polar surface area (TPSA) is 136 Å². The molecule has 0 radical (unpaired) electrons. The molecule has 212 valence electrons. The highest BCUT2D eigenvalue weighted by atomic mass is 35.5. The van der Waals surface area contributed by atoms with E-state index in [9.17, 15) is 14.0 Å². The lowest BCUT2D eigenvalue weighted by atomic mass is 9.65. The summed E-state index contributed by atoms with van der Waals surface area (Å²) in [4.78, 5) is 33.8. The number of aliphatic carboxylic acids is 1. The maximum absolute atomic E-state index is 14.5. The molecule has 41 heavy (non-hydrogen) atoms. The maximum Gasteiger partial charge on any atom is 0.303 e. The molecule has 1 fully saturated rings. The third-order valence-corrected chi connectivity index (χ3v) is 9.03. The number of nitrogens with one attached hydrogen (secondary N) is 1. The fraction of sp³-hybridized carbons (Fsp3) is 0.367. The predicted octanol–water partition coefficient (Wildman–Crippen LogP) is 5.80. The molecule has 4 aromatic rings. The van der Waals surface area contributed by atoms with Gasteiger partial charge in [-0.3, -0.25) is 14.3 Å². The first-order valence-electron chi connectivity index (χ1n) is 13.8. The first kappa shape index (κ1) is 27.1. The van der Waals surface area contributed by atoms with E-state index in [1.807, 2.05) is 13.0 Å². The van der Waals surface area contributed by atoms with Crippen LogP contribution in [0, 0.1) is 17.7 Å². The summed E-state index contributed by atoms with van der Waals surface area (Å²) in [6, 6.07) is 11.8. The van der Waals surface area contributed by atoms with Crippen LogP contribution in [0.4, 0.5) is 16.0 Å². The summed E-state index contributed by atoms with van der Waals surface area (Å²) in [6.45, 7) is 2.07. The average Bonchev–Trinajstić information content (AvgIpc) is 3.43. The van der Waals surface area contributed by atoms with Gasteiger partial charge in [0.2, 0.25) is 5.91 Å². The molecule has 0 spiro atoms. The van der Waals surface area contributed by atoms with Crippen molar-refractivity contribution in [3.8, 4) is 11.5 Å². The van der Waals surface area contributed by atoms with E-state index < -0.39 is 11.4 Å². The molecule has 1 saturated carbocycles. The predicted molar refractivity (Wildman–Crippen MR) is 154 cm³/mol. The van der Waals surface area contributed by atoms with Crippen molar-refractivity contribution in [2.45, 2.75) is 57.4 Å². The van der Waals surface area contributed by atoms with Gasteiger partial charge in [-0.15, -0.1) is 0 Å². The number of nitrogens with zero attached hydrogens (tertiary/aromatic N) is 4. The third-order valence-electron chi connectivity index (χ3n) is 8.79. The molecule has 6 rings (SSSR count). The van der Waals surface area contributed by atoms with Crippen molar-refractivity contribution in [2.24, 2.45) is 11.8 Å². The number of nitrogens with two attached hydrogens (primary N) is 1. The van der Waals surface area contributed by atoms with Gasteiger partial charge in [0, 0.05) is 22.4 Å². The van der Waals surface area contributed by atoms with Gasteiger partial charge in [-0.2, -0.15) is 5.10 Å². The number of carboxylic acid groups (broad SMARTS) is 1. The standard InChI is InChI=1S/C30H30ClFN6O3/c1-30(18-9-6-16(7-10-18)8-13-23(39)40)24-26(33)34-28(35-27(24)36-29(30)41)25-20-12-11-19(31)14-22(20)38(37-25)15-17-4-2-3-5-21(17)32/h2-5,11-12,14,16,18H,6-10,13,15H2,1H3,(H,39,40)(H3,33,34,35,36,41). The second-order valence-electron chi connectivity index (χ2n) is 11.2. The molecule has 9 nitrogen and oxygen atoms in total. The van der Waals surface area contributed by atoms with Gasteiger partial charge < -0.3 is 16.2 Å². The highest BCUT2D eigenvalue weighted by Crippen LogP contribution is 2.50. The number of aromatic nitrogens is 4.